The van der Waals surface area contributed by atoms with Crippen molar-refractivity contribution in [3.05, 3.63) is 28.3 Å². The number of primary amides is 1. The zero-order valence-electron chi connectivity index (χ0n) is 21.6. The van der Waals surface area contributed by atoms with Crippen LogP contribution in [0.15, 0.2) is 6.07 Å². The number of amides is 1. The summed E-state index contributed by atoms with van der Waals surface area (Å²) in [6.45, 7) is 1.63. The topological polar surface area (TPSA) is 158 Å². The Kier molecular flexibility index (Phi) is 11.2. The lowest BCUT2D eigenvalue weighted by Gasteiger charge is -2.32. The Hall–Kier alpha value is -2.62. The number of carbonyl (C=O) groups excluding carboxylic acids is 4. The van der Waals surface area contributed by atoms with Crippen molar-refractivity contribution in [2.75, 3.05) is 33.9 Å². The first-order chi connectivity index (χ1) is 17.0. The Morgan fingerprint density at radius 1 is 1.17 bits per heavy atom. The van der Waals surface area contributed by atoms with E-state index in [-0.39, 0.29) is 49.1 Å². The molecule has 3 unspecified atom stereocenters. The second-order valence-electron chi connectivity index (χ2n) is 10.1. The van der Waals surface area contributed by atoms with Gasteiger partial charge in [0.25, 0.3) is 0 Å². The van der Waals surface area contributed by atoms with Crippen LogP contribution in [-0.4, -0.2) is 77.3 Å². The molecule has 36 heavy (non-hydrogen) atoms. The molecule has 200 valence electrons. The number of fused-ring (bicyclic) bond motifs is 1. The molecule has 0 aromatic heterocycles. The van der Waals surface area contributed by atoms with Gasteiger partial charge in [-0.25, -0.2) is 0 Å². The Labute approximate surface area is 212 Å². The van der Waals surface area contributed by atoms with Crippen LogP contribution in [0.1, 0.15) is 66.1 Å². The first kappa shape index (κ1) is 29.6. The molecule has 0 heterocycles. The summed E-state index contributed by atoms with van der Waals surface area (Å²) in [5.74, 6) is -2.83. The number of ketones is 3. The Morgan fingerprint density at radius 2 is 1.86 bits per heavy atom. The molecule has 0 aliphatic heterocycles. The van der Waals surface area contributed by atoms with E-state index in [9.17, 15) is 34.5 Å². The smallest absolute Gasteiger partial charge is 0.224 e. The summed E-state index contributed by atoms with van der Waals surface area (Å²) in [4.78, 5) is 50.9. The van der Waals surface area contributed by atoms with Crippen LogP contribution in [0.25, 0.3) is 0 Å². The molecule has 0 spiro atoms. The maximum absolute atomic E-state index is 13.2. The number of hydrogen-bond acceptors (Lipinski definition) is 8. The van der Waals surface area contributed by atoms with E-state index in [1.807, 2.05) is 27.1 Å². The fraction of sp³-hybridized carbons (Fsp3) is 0.630. The van der Waals surface area contributed by atoms with E-state index in [1.165, 1.54) is 0 Å². The molecular weight excluding hydrogens is 464 g/mol. The van der Waals surface area contributed by atoms with E-state index >= 15 is 0 Å². The van der Waals surface area contributed by atoms with E-state index in [0.717, 1.165) is 11.1 Å². The second-order valence-corrected chi connectivity index (χ2v) is 10.1. The number of likely N-dealkylation sites (N-methyl/N-ethyl adjacent to an activating group) is 1. The molecule has 1 aliphatic rings. The summed E-state index contributed by atoms with van der Waals surface area (Å²) in [6, 6.07) is 1.88. The maximum atomic E-state index is 13.2. The normalized spacial score (nSPS) is 17.1. The molecule has 1 aliphatic carbocycles. The fourth-order valence-electron chi connectivity index (χ4n) is 5.36. The maximum Gasteiger partial charge on any atom is 0.224 e. The van der Waals surface area contributed by atoms with E-state index in [4.69, 9.17) is 5.73 Å². The van der Waals surface area contributed by atoms with Crippen LogP contribution >= 0.6 is 0 Å². The van der Waals surface area contributed by atoms with Crippen molar-refractivity contribution in [2.24, 2.45) is 23.5 Å². The van der Waals surface area contributed by atoms with Crippen molar-refractivity contribution < 1.29 is 34.5 Å². The number of aryl methyl sites for hydroxylation is 2. The van der Waals surface area contributed by atoms with Gasteiger partial charge in [0.2, 0.25) is 5.91 Å². The van der Waals surface area contributed by atoms with Crippen LogP contribution in [0.3, 0.4) is 0 Å². The Morgan fingerprint density at radius 3 is 2.42 bits per heavy atom. The van der Waals surface area contributed by atoms with Gasteiger partial charge in [-0.3, -0.25) is 19.2 Å². The molecule has 3 atom stereocenters. The fourth-order valence-corrected chi connectivity index (χ4v) is 5.36. The predicted molar refractivity (Wildman–Crippen MR) is 135 cm³/mol. The van der Waals surface area contributed by atoms with Crippen molar-refractivity contribution in [3.8, 4) is 5.75 Å². The van der Waals surface area contributed by atoms with Gasteiger partial charge in [-0.05, 0) is 74.7 Å². The zero-order valence-corrected chi connectivity index (χ0v) is 21.6. The third-order valence-corrected chi connectivity index (χ3v) is 7.03. The van der Waals surface area contributed by atoms with Crippen LogP contribution in [0.5, 0.6) is 5.75 Å². The van der Waals surface area contributed by atoms with E-state index in [0.29, 0.717) is 43.4 Å². The summed E-state index contributed by atoms with van der Waals surface area (Å²) in [5.41, 5.74) is 7.80. The molecule has 9 heteroatoms. The minimum Gasteiger partial charge on any atom is -0.507 e. The van der Waals surface area contributed by atoms with Crippen molar-refractivity contribution in [1.29, 1.82) is 0 Å². The number of phenols is 1. The predicted octanol–water partition coefficient (Wildman–Crippen LogP) is 1.20. The molecule has 2 rings (SSSR count). The highest BCUT2D eigenvalue weighted by atomic mass is 16.3. The van der Waals surface area contributed by atoms with Gasteiger partial charge in [-0.1, -0.05) is 13.0 Å². The molecule has 0 saturated heterocycles. The van der Waals surface area contributed by atoms with Gasteiger partial charge in [-0.2, -0.15) is 0 Å². The van der Waals surface area contributed by atoms with Crippen LogP contribution in [0.4, 0.5) is 0 Å². The van der Waals surface area contributed by atoms with E-state index in [2.05, 4.69) is 0 Å². The molecule has 1 amide bonds. The lowest BCUT2D eigenvalue weighted by atomic mass is 9.72. The average Bonchev–Trinajstić information content (AvgIpc) is 2.78. The number of hydrogen-bond donors (Lipinski definition) is 4. The number of carbonyl (C=O) groups is 4. The number of aliphatic hydroxyl groups is 2. The largest absolute Gasteiger partial charge is 0.507 e. The number of rotatable bonds is 15. The van der Waals surface area contributed by atoms with Gasteiger partial charge in [0.15, 0.2) is 5.78 Å². The highest BCUT2D eigenvalue weighted by Gasteiger charge is 2.35. The number of nitrogens with zero attached hydrogens (tertiary/aromatic N) is 1. The van der Waals surface area contributed by atoms with Crippen LogP contribution in [0, 0.1) is 17.8 Å². The lowest BCUT2D eigenvalue weighted by molar-refractivity contribution is -0.131. The number of aromatic hydroxyl groups is 1. The summed E-state index contributed by atoms with van der Waals surface area (Å²) in [5, 5.41) is 30.4. The first-order valence-corrected chi connectivity index (χ1v) is 12.6. The van der Waals surface area contributed by atoms with Gasteiger partial charge in [0.1, 0.15) is 17.3 Å². The van der Waals surface area contributed by atoms with Crippen molar-refractivity contribution in [2.45, 2.75) is 58.3 Å². The number of phenolic OH excluding ortho intramolecular Hbond substituents is 1. The first-order valence-electron chi connectivity index (χ1n) is 12.6. The van der Waals surface area contributed by atoms with Crippen molar-refractivity contribution in [3.63, 3.8) is 0 Å². The summed E-state index contributed by atoms with van der Waals surface area (Å²) in [6.07, 6.45) is 2.14. The van der Waals surface area contributed by atoms with Crippen molar-refractivity contribution in [1.82, 2.24) is 4.90 Å². The third kappa shape index (κ3) is 7.69. The molecular formula is C27H40N2O7. The summed E-state index contributed by atoms with van der Waals surface area (Å²) >= 11 is 0. The highest BCUT2D eigenvalue weighted by Crippen LogP contribution is 2.40. The number of Topliss-reactive ketones (excluding diaryl/α,β-unsaturated/α-hetero) is 3. The molecule has 9 nitrogen and oxygen atoms in total. The Balaban J connectivity index is 2.28. The van der Waals surface area contributed by atoms with Crippen molar-refractivity contribution >= 4 is 23.3 Å². The van der Waals surface area contributed by atoms with E-state index in [1.54, 1.807) is 4.90 Å². The van der Waals surface area contributed by atoms with Gasteiger partial charge < -0.3 is 26.0 Å². The minimum atomic E-state index is -0.845. The number of nitrogens with two attached hydrogens (primary N) is 1. The molecule has 0 saturated carbocycles. The van der Waals surface area contributed by atoms with Crippen LogP contribution in [-0.2, 0) is 33.6 Å². The third-order valence-electron chi connectivity index (χ3n) is 7.03. The van der Waals surface area contributed by atoms with Crippen LogP contribution < -0.4 is 5.73 Å². The van der Waals surface area contributed by atoms with Gasteiger partial charge >= 0.3 is 0 Å². The summed E-state index contributed by atoms with van der Waals surface area (Å²) < 4.78 is 0. The molecule has 1 aromatic rings. The van der Waals surface area contributed by atoms with E-state index < -0.39 is 36.6 Å². The SMILES string of the molecule is CCc1cc(CCC(=O)CN(C)C)c(O)c2c1CC(CC(CCO)C(CO)C(=O)CC(N)=O)CC2=O. The summed E-state index contributed by atoms with van der Waals surface area (Å²) in [7, 11) is 3.64. The standard InChI is InChI=1S/C27H40N2O7/c1-4-17-12-19(5-6-20(32)14-29(2)3)27(36)26-21(17)10-16(11-24(26)34)9-18(7-8-30)22(15-31)23(33)13-25(28)35/h12,16,18,22,30-31,36H,4-11,13-15H2,1-3H3,(H2,28,35). The second kappa shape index (κ2) is 13.6. The zero-order chi connectivity index (χ0) is 27.0. The molecule has 1 aromatic carbocycles. The molecule has 0 fully saturated rings. The van der Waals surface area contributed by atoms with Gasteiger partial charge in [0.05, 0.1) is 25.1 Å². The highest BCUT2D eigenvalue weighted by molar-refractivity contribution is 6.02. The van der Waals surface area contributed by atoms with Gasteiger partial charge in [-0.15, -0.1) is 0 Å². The quantitative estimate of drug-likeness (QED) is 0.259. The Bertz CT molecular complexity index is 973. The minimum absolute atomic E-state index is 0.0555. The van der Waals surface area contributed by atoms with Gasteiger partial charge in [0, 0.05) is 25.4 Å². The molecule has 0 bridgehead atoms. The lowest BCUT2D eigenvalue weighted by Crippen LogP contribution is -2.34. The number of aliphatic hydroxyl groups excluding tert-OH is 2. The monoisotopic (exact) mass is 504 g/mol. The average molecular weight is 505 g/mol. The van der Waals surface area contributed by atoms with Crippen LogP contribution in [0.2, 0.25) is 0 Å². The number of benzene rings is 1. The molecule has 0 radical (unpaired) electrons. The molecule has 5 N–H and O–H groups in total.